The Morgan fingerprint density at radius 1 is 0.885 bits per heavy atom. The molecule has 5 heteroatoms. The van der Waals surface area contributed by atoms with Gasteiger partial charge in [-0.05, 0) is 32.1 Å². The highest BCUT2D eigenvalue weighted by Crippen LogP contribution is 2.11. The van der Waals surface area contributed by atoms with Crippen LogP contribution in [0.4, 0.5) is 0 Å². The quantitative estimate of drug-likeness (QED) is 0.158. The molecule has 0 fully saturated rings. The Bertz CT molecular complexity index is 343. The number of hydrogen-bond donors (Lipinski definition) is 2. The molecule has 2 unspecified atom stereocenters. The summed E-state index contributed by atoms with van der Waals surface area (Å²) in [5.74, 6) is -0.615. The summed E-state index contributed by atoms with van der Waals surface area (Å²) >= 11 is 0. The highest BCUT2D eigenvalue weighted by molar-refractivity contribution is 5.69. The molecular formula is C21H39O5. The van der Waals surface area contributed by atoms with Gasteiger partial charge in [0, 0.05) is 6.42 Å². The van der Waals surface area contributed by atoms with Crippen molar-refractivity contribution in [2.75, 3.05) is 6.61 Å². The van der Waals surface area contributed by atoms with Crippen molar-refractivity contribution in [3.05, 3.63) is 12.2 Å². The van der Waals surface area contributed by atoms with Gasteiger partial charge in [0.1, 0.15) is 6.10 Å². The average Bonchev–Trinajstić information content (AvgIpc) is 2.64. The van der Waals surface area contributed by atoms with E-state index < -0.39 is 25.0 Å². The number of carbonyl (C=O) groups excluding carboxylic acids is 1. The Balaban J connectivity index is 3.34. The van der Waals surface area contributed by atoms with E-state index in [0.717, 1.165) is 19.3 Å². The highest BCUT2D eigenvalue weighted by atomic mass is 16.6. The summed E-state index contributed by atoms with van der Waals surface area (Å²) in [7, 11) is 0. The van der Waals surface area contributed by atoms with E-state index in [0.29, 0.717) is 6.42 Å². The standard InChI is InChI=1S/C21H39O5/c1-2-3-4-5-6-7-8-9-10-11-12-13-14-15-16-17-20(24)26-21(25)19(23)18-22/h12-13,19,21-23H,2-11,14-18H2,1H3/b13-12+. The molecule has 0 amide bonds. The molecule has 0 aliphatic rings. The lowest BCUT2D eigenvalue weighted by molar-refractivity contribution is -0.208. The largest absolute Gasteiger partial charge is 0.430 e. The van der Waals surface area contributed by atoms with Gasteiger partial charge in [0.2, 0.25) is 0 Å². The lowest BCUT2D eigenvalue weighted by Gasteiger charge is -2.13. The lowest BCUT2D eigenvalue weighted by Crippen LogP contribution is -2.32. The summed E-state index contributed by atoms with van der Waals surface area (Å²) in [6.07, 6.45) is 16.7. The van der Waals surface area contributed by atoms with Crippen molar-refractivity contribution in [3.63, 3.8) is 0 Å². The van der Waals surface area contributed by atoms with Gasteiger partial charge in [-0.1, -0.05) is 70.4 Å². The first kappa shape index (κ1) is 25.1. The van der Waals surface area contributed by atoms with Crippen molar-refractivity contribution < 1.29 is 24.9 Å². The summed E-state index contributed by atoms with van der Waals surface area (Å²) in [5, 5.41) is 28.8. The molecule has 0 aliphatic carbocycles. The van der Waals surface area contributed by atoms with Crippen molar-refractivity contribution >= 4 is 5.97 Å². The number of esters is 1. The third kappa shape index (κ3) is 16.6. The van der Waals surface area contributed by atoms with Gasteiger partial charge in [-0.25, -0.2) is 0 Å². The van der Waals surface area contributed by atoms with Crippen molar-refractivity contribution in [2.45, 2.75) is 109 Å². The topological polar surface area (TPSA) is 86.7 Å². The van der Waals surface area contributed by atoms with Crippen LogP contribution in [0, 0.1) is 0 Å². The van der Waals surface area contributed by atoms with Gasteiger partial charge in [-0.15, -0.1) is 0 Å². The number of hydrogen-bond acceptors (Lipinski definition) is 4. The minimum atomic E-state index is -1.90. The molecule has 0 aliphatic heterocycles. The van der Waals surface area contributed by atoms with Crippen LogP contribution in [-0.2, 0) is 14.6 Å². The first-order chi connectivity index (χ1) is 12.6. The number of aliphatic hydroxyl groups is 2. The fraction of sp³-hybridized carbons (Fsp3) is 0.857. The van der Waals surface area contributed by atoms with Crippen molar-refractivity contribution in [1.82, 2.24) is 0 Å². The van der Waals surface area contributed by atoms with Gasteiger partial charge in [-0.3, -0.25) is 4.79 Å². The Kier molecular flexibility index (Phi) is 18.2. The molecule has 5 nitrogen and oxygen atoms in total. The number of ether oxygens (including phenoxy) is 1. The summed E-state index contributed by atoms with van der Waals surface area (Å²) in [5.41, 5.74) is 0. The molecule has 0 bridgehead atoms. The zero-order chi connectivity index (χ0) is 19.5. The van der Waals surface area contributed by atoms with E-state index >= 15 is 0 Å². The van der Waals surface area contributed by atoms with Crippen LogP contribution in [-0.4, -0.2) is 35.2 Å². The number of allylic oxidation sites excluding steroid dienone is 2. The normalized spacial score (nSPS) is 13.8. The molecule has 0 heterocycles. The van der Waals surface area contributed by atoms with Gasteiger partial charge in [0.15, 0.2) is 0 Å². The minimum Gasteiger partial charge on any atom is -0.430 e. The molecule has 1 radical (unpaired) electrons. The molecule has 0 saturated carbocycles. The summed E-state index contributed by atoms with van der Waals surface area (Å²) in [4.78, 5) is 11.4. The molecule has 0 rings (SSSR count). The summed E-state index contributed by atoms with van der Waals surface area (Å²) < 4.78 is 4.50. The second kappa shape index (κ2) is 18.9. The van der Waals surface area contributed by atoms with Crippen molar-refractivity contribution in [3.8, 4) is 0 Å². The zero-order valence-corrected chi connectivity index (χ0v) is 16.5. The monoisotopic (exact) mass is 371 g/mol. The third-order valence-corrected chi connectivity index (χ3v) is 4.39. The van der Waals surface area contributed by atoms with Gasteiger partial charge >= 0.3 is 5.97 Å². The highest BCUT2D eigenvalue weighted by Gasteiger charge is 2.20. The second-order valence-electron chi connectivity index (χ2n) is 6.94. The van der Waals surface area contributed by atoms with E-state index in [1.807, 2.05) is 0 Å². The fourth-order valence-electron chi connectivity index (χ4n) is 2.69. The predicted octanol–water partition coefficient (Wildman–Crippen LogP) is 4.68. The molecule has 26 heavy (non-hydrogen) atoms. The molecule has 153 valence electrons. The van der Waals surface area contributed by atoms with Crippen molar-refractivity contribution in [2.24, 2.45) is 0 Å². The van der Waals surface area contributed by atoms with E-state index in [4.69, 9.17) is 10.2 Å². The Morgan fingerprint density at radius 3 is 1.92 bits per heavy atom. The van der Waals surface area contributed by atoms with Crippen LogP contribution in [0.15, 0.2) is 12.2 Å². The number of unbranched alkanes of at least 4 members (excludes halogenated alkanes) is 11. The van der Waals surface area contributed by atoms with Crippen LogP contribution < -0.4 is 0 Å². The molecular weight excluding hydrogens is 332 g/mol. The van der Waals surface area contributed by atoms with E-state index in [9.17, 15) is 9.90 Å². The maximum atomic E-state index is 11.4. The summed E-state index contributed by atoms with van der Waals surface area (Å²) in [6.45, 7) is 1.54. The molecule has 0 aromatic carbocycles. The molecule has 2 atom stereocenters. The van der Waals surface area contributed by atoms with Gasteiger partial charge in [-0.2, -0.15) is 5.11 Å². The third-order valence-electron chi connectivity index (χ3n) is 4.39. The van der Waals surface area contributed by atoms with Crippen LogP contribution in [0.2, 0.25) is 0 Å². The molecule has 0 aromatic rings. The van der Waals surface area contributed by atoms with E-state index in [2.05, 4.69) is 23.8 Å². The Morgan fingerprint density at radius 2 is 1.38 bits per heavy atom. The van der Waals surface area contributed by atoms with Gasteiger partial charge < -0.3 is 14.9 Å². The van der Waals surface area contributed by atoms with Gasteiger partial charge in [0.05, 0.1) is 6.61 Å². The number of carbonyl (C=O) groups is 1. The number of rotatable bonds is 18. The molecule has 0 spiro atoms. The van der Waals surface area contributed by atoms with E-state index in [-0.39, 0.29) is 6.42 Å². The number of aliphatic hydroxyl groups excluding tert-OH is 2. The summed E-state index contributed by atoms with van der Waals surface area (Å²) in [6, 6.07) is 0. The Hall–Kier alpha value is -0.910. The zero-order valence-electron chi connectivity index (χ0n) is 16.5. The fourth-order valence-corrected chi connectivity index (χ4v) is 2.69. The van der Waals surface area contributed by atoms with Crippen LogP contribution >= 0.6 is 0 Å². The SMILES string of the molecule is CCCCCCCCCCC/C=C/CCCCC(=O)OC([O])C(O)CO. The van der Waals surface area contributed by atoms with Crippen LogP contribution in [0.1, 0.15) is 96.8 Å². The van der Waals surface area contributed by atoms with E-state index in [1.165, 1.54) is 57.8 Å². The minimum absolute atomic E-state index is 0.170. The maximum Gasteiger partial charge on any atom is 0.308 e. The van der Waals surface area contributed by atoms with Gasteiger partial charge in [0.25, 0.3) is 6.29 Å². The smallest absolute Gasteiger partial charge is 0.308 e. The first-order valence-corrected chi connectivity index (χ1v) is 10.4. The molecule has 2 N–H and O–H groups in total. The van der Waals surface area contributed by atoms with Crippen LogP contribution in [0.5, 0.6) is 0 Å². The van der Waals surface area contributed by atoms with Crippen LogP contribution in [0.25, 0.3) is 0 Å². The second-order valence-corrected chi connectivity index (χ2v) is 6.94. The lowest BCUT2D eigenvalue weighted by atomic mass is 10.1. The van der Waals surface area contributed by atoms with Crippen molar-refractivity contribution in [1.29, 1.82) is 0 Å². The average molecular weight is 372 g/mol. The molecule has 0 saturated heterocycles. The first-order valence-electron chi connectivity index (χ1n) is 10.4. The predicted molar refractivity (Wildman–Crippen MR) is 103 cm³/mol. The maximum absolute atomic E-state index is 11.4. The van der Waals surface area contributed by atoms with Crippen LogP contribution in [0.3, 0.4) is 0 Å². The van der Waals surface area contributed by atoms with E-state index in [1.54, 1.807) is 0 Å². The molecule has 0 aromatic heterocycles. The Labute approximate surface area is 159 Å².